The number of benzene rings is 1. The molecular formula is C14H19NO2. The van der Waals surface area contributed by atoms with Crippen molar-refractivity contribution < 1.29 is 10.2 Å². The fraction of sp³-hybridized carbons (Fsp3) is 0.429. The summed E-state index contributed by atoms with van der Waals surface area (Å²) in [6.07, 6.45) is 0. The van der Waals surface area contributed by atoms with Crippen LogP contribution in [-0.2, 0) is 6.54 Å². The number of rotatable bonds is 4. The lowest BCUT2D eigenvalue weighted by Gasteiger charge is -2.23. The van der Waals surface area contributed by atoms with Crippen molar-refractivity contribution in [1.82, 2.24) is 4.90 Å². The summed E-state index contributed by atoms with van der Waals surface area (Å²) in [4.78, 5) is 2.07. The summed E-state index contributed by atoms with van der Waals surface area (Å²) in [7, 11) is 1.97. The summed E-state index contributed by atoms with van der Waals surface area (Å²) >= 11 is 0. The van der Waals surface area contributed by atoms with Gasteiger partial charge in [0.1, 0.15) is 6.61 Å². The first-order chi connectivity index (χ1) is 8.19. The molecule has 0 radical (unpaired) electrons. The Labute approximate surface area is 103 Å². The Morgan fingerprint density at radius 2 is 2.00 bits per heavy atom. The molecule has 0 bridgehead atoms. The maximum Gasteiger partial charge on any atom is 0.104 e. The second-order valence-electron chi connectivity index (χ2n) is 4.06. The highest BCUT2D eigenvalue weighted by atomic mass is 16.3. The first-order valence-corrected chi connectivity index (χ1v) is 5.67. The fourth-order valence-corrected chi connectivity index (χ4v) is 1.48. The lowest BCUT2D eigenvalue weighted by Crippen LogP contribution is -2.31. The summed E-state index contributed by atoms with van der Waals surface area (Å²) in [5.74, 6) is 5.60. The predicted molar refractivity (Wildman–Crippen MR) is 68.4 cm³/mol. The minimum atomic E-state index is -0.128. The van der Waals surface area contributed by atoms with Gasteiger partial charge in [0.25, 0.3) is 0 Å². The van der Waals surface area contributed by atoms with Crippen molar-refractivity contribution in [1.29, 1.82) is 0 Å². The molecule has 0 aliphatic rings. The SMILES string of the molecule is CC(CO)N(C)Cc1ccccc1C#CCO. The molecule has 0 fully saturated rings. The van der Waals surface area contributed by atoms with Crippen LogP contribution >= 0.6 is 0 Å². The Bertz CT molecular complexity index is 406. The van der Waals surface area contributed by atoms with Crippen LogP contribution in [0.5, 0.6) is 0 Å². The monoisotopic (exact) mass is 233 g/mol. The van der Waals surface area contributed by atoms with Crippen LogP contribution in [-0.4, -0.2) is 41.4 Å². The van der Waals surface area contributed by atoms with Gasteiger partial charge in [-0.2, -0.15) is 0 Å². The Kier molecular flexibility index (Phi) is 5.71. The van der Waals surface area contributed by atoms with Gasteiger partial charge in [-0.3, -0.25) is 4.90 Å². The molecule has 0 aromatic heterocycles. The van der Waals surface area contributed by atoms with Gasteiger partial charge >= 0.3 is 0 Å². The van der Waals surface area contributed by atoms with Crippen molar-refractivity contribution in [2.45, 2.75) is 19.5 Å². The van der Waals surface area contributed by atoms with Gasteiger partial charge in [0, 0.05) is 18.2 Å². The third kappa shape index (κ3) is 4.20. The smallest absolute Gasteiger partial charge is 0.104 e. The molecule has 1 atom stereocenters. The average molecular weight is 233 g/mol. The van der Waals surface area contributed by atoms with Crippen molar-refractivity contribution >= 4 is 0 Å². The van der Waals surface area contributed by atoms with Gasteiger partial charge in [-0.1, -0.05) is 30.0 Å². The first-order valence-electron chi connectivity index (χ1n) is 5.67. The maximum atomic E-state index is 9.09. The van der Waals surface area contributed by atoms with E-state index in [1.807, 2.05) is 38.2 Å². The van der Waals surface area contributed by atoms with Crippen molar-refractivity contribution in [3.05, 3.63) is 35.4 Å². The number of likely N-dealkylation sites (N-methyl/N-ethyl adjacent to an activating group) is 1. The second-order valence-corrected chi connectivity index (χ2v) is 4.06. The summed E-state index contributed by atoms with van der Waals surface area (Å²) in [6, 6.07) is 7.98. The lowest BCUT2D eigenvalue weighted by molar-refractivity contribution is 0.154. The highest BCUT2D eigenvalue weighted by molar-refractivity contribution is 5.41. The highest BCUT2D eigenvalue weighted by Crippen LogP contribution is 2.11. The van der Waals surface area contributed by atoms with E-state index in [2.05, 4.69) is 16.7 Å². The van der Waals surface area contributed by atoms with Gasteiger partial charge in [-0.15, -0.1) is 0 Å². The minimum absolute atomic E-state index is 0.119. The first kappa shape index (κ1) is 13.7. The summed E-state index contributed by atoms with van der Waals surface area (Å²) in [5.41, 5.74) is 2.04. The predicted octanol–water partition coefficient (Wildman–Crippen LogP) is 0.843. The number of hydrogen-bond acceptors (Lipinski definition) is 3. The molecule has 17 heavy (non-hydrogen) atoms. The van der Waals surface area contributed by atoms with Crippen molar-refractivity contribution in [3.8, 4) is 11.8 Å². The van der Waals surface area contributed by atoms with Crippen molar-refractivity contribution in [2.24, 2.45) is 0 Å². The molecule has 3 nitrogen and oxygen atoms in total. The average Bonchev–Trinajstić information content (AvgIpc) is 2.36. The standard InChI is InChI=1S/C14H19NO2/c1-12(11-17)15(2)10-14-7-4-3-6-13(14)8-5-9-16/h3-4,6-7,12,16-17H,9-11H2,1-2H3. The number of nitrogens with zero attached hydrogens (tertiary/aromatic N) is 1. The fourth-order valence-electron chi connectivity index (χ4n) is 1.48. The van der Waals surface area contributed by atoms with Gasteiger partial charge in [0.2, 0.25) is 0 Å². The maximum absolute atomic E-state index is 9.09. The minimum Gasteiger partial charge on any atom is -0.395 e. The van der Waals surface area contributed by atoms with Crippen LogP contribution in [0.15, 0.2) is 24.3 Å². The van der Waals surface area contributed by atoms with Gasteiger partial charge in [0.05, 0.1) is 6.61 Å². The summed E-state index contributed by atoms with van der Waals surface area (Å²) < 4.78 is 0. The van der Waals surface area contributed by atoms with Crippen LogP contribution in [0, 0.1) is 11.8 Å². The van der Waals surface area contributed by atoms with Gasteiger partial charge in [-0.25, -0.2) is 0 Å². The summed E-state index contributed by atoms with van der Waals surface area (Å²) in [6.45, 7) is 2.72. The molecule has 2 N–H and O–H groups in total. The highest BCUT2D eigenvalue weighted by Gasteiger charge is 2.09. The molecule has 92 valence electrons. The third-order valence-electron chi connectivity index (χ3n) is 2.76. The van der Waals surface area contributed by atoms with E-state index in [-0.39, 0.29) is 19.3 Å². The molecule has 0 heterocycles. The Morgan fingerprint density at radius 1 is 1.29 bits per heavy atom. The molecule has 1 aromatic carbocycles. The molecule has 3 heteroatoms. The lowest BCUT2D eigenvalue weighted by atomic mass is 10.1. The van der Waals surface area contributed by atoms with E-state index >= 15 is 0 Å². The molecule has 0 spiro atoms. The molecular weight excluding hydrogens is 214 g/mol. The topological polar surface area (TPSA) is 43.7 Å². The Morgan fingerprint density at radius 3 is 2.65 bits per heavy atom. The Hall–Kier alpha value is -1.34. The van der Waals surface area contributed by atoms with Crippen LogP contribution in [0.25, 0.3) is 0 Å². The summed E-state index contributed by atoms with van der Waals surface area (Å²) in [5, 5.41) is 17.8. The normalized spacial score (nSPS) is 12.1. The van der Waals surface area contributed by atoms with Crippen molar-refractivity contribution in [3.63, 3.8) is 0 Å². The van der Waals surface area contributed by atoms with E-state index in [0.29, 0.717) is 0 Å². The van der Waals surface area contributed by atoms with E-state index in [9.17, 15) is 0 Å². The zero-order chi connectivity index (χ0) is 12.7. The third-order valence-corrected chi connectivity index (χ3v) is 2.76. The van der Waals surface area contributed by atoms with Crippen LogP contribution < -0.4 is 0 Å². The van der Waals surface area contributed by atoms with Crippen LogP contribution in [0.4, 0.5) is 0 Å². The van der Waals surface area contributed by atoms with Crippen molar-refractivity contribution in [2.75, 3.05) is 20.3 Å². The zero-order valence-electron chi connectivity index (χ0n) is 10.3. The van der Waals surface area contributed by atoms with Crippen LogP contribution in [0.1, 0.15) is 18.1 Å². The largest absolute Gasteiger partial charge is 0.395 e. The van der Waals surface area contributed by atoms with E-state index < -0.39 is 0 Å². The second kappa shape index (κ2) is 7.08. The van der Waals surface area contributed by atoms with Gasteiger partial charge in [-0.05, 0) is 25.6 Å². The molecule has 0 aliphatic heterocycles. The number of aliphatic hydroxyl groups excluding tert-OH is 2. The number of hydrogen-bond donors (Lipinski definition) is 2. The van der Waals surface area contributed by atoms with E-state index in [4.69, 9.17) is 10.2 Å². The molecule has 0 amide bonds. The van der Waals surface area contributed by atoms with Gasteiger partial charge < -0.3 is 10.2 Å². The molecule has 1 unspecified atom stereocenters. The van der Waals surface area contributed by atoms with E-state index in [1.165, 1.54) is 0 Å². The molecule has 0 saturated carbocycles. The zero-order valence-corrected chi connectivity index (χ0v) is 10.3. The number of aliphatic hydroxyl groups is 2. The molecule has 0 saturated heterocycles. The van der Waals surface area contributed by atoms with Crippen LogP contribution in [0.3, 0.4) is 0 Å². The van der Waals surface area contributed by atoms with E-state index in [0.717, 1.165) is 17.7 Å². The van der Waals surface area contributed by atoms with Gasteiger partial charge in [0.15, 0.2) is 0 Å². The Balaban J connectivity index is 2.83. The van der Waals surface area contributed by atoms with E-state index in [1.54, 1.807) is 0 Å². The quantitative estimate of drug-likeness (QED) is 0.758. The molecule has 1 rings (SSSR count). The molecule has 1 aromatic rings. The molecule has 0 aliphatic carbocycles. The van der Waals surface area contributed by atoms with Crippen LogP contribution in [0.2, 0.25) is 0 Å².